The lowest BCUT2D eigenvalue weighted by Crippen LogP contribution is -2.29. The van der Waals surface area contributed by atoms with Crippen LogP contribution in [-0.2, 0) is 26.3 Å². The summed E-state index contributed by atoms with van der Waals surface area (Å²) in [6.45, 7) is 2.52. The number of carbonyl (C=O) groups excluding carboxylic acids is 1. The molecule has 11 heteroatoms. The maximum atomic E-state index is 12.9. The van der Waals surface area contributed by atoms with Gasteiger partial charge in [-0.2, -0.15) is 23.4 Å². The number of aryl methyl sites for hydroxylation is 2. The molecular weight excluding hydrogens is 415 g/mol. The molecule has 0 aliphatic carbocycles. The second-order valence-corrected chi connectivity index (χ2v) is 6.25. The Bertz CT molecular complexity index is 770. The van der Waals surface area contributed by atoms with Crippen molar-refractivity contribution in [1.29, 1.82) is 0 Å². The van der Waals surface area contributed by atoms with Gasteiger partial charge in [0.25, 0.3) is 5.91 Å². The van der Waals surface area contributed by atoms with Gasteiger partial charge in [-0.05, 0) is 22.9 Å². The summed E-state index contributed by atoms with van der Waals surface area (Å²) in [7, 11) is 2.75. The minimum Gasteiger partial charge on any atom is -0.334 e. The Morgan fingerprint density at radius 1 is 1.46 bits per heavy atom. The van der Waals surface area contributed by atoms with Crippen molar-refractivity contribution in [2.45, 2.75) is 26.2 Å². The van der Waals surface area contributed by atoms with E-state index in [2.05, 4.69) is 26.1 Å². The molecule has 0 fully saturated rings. The molecule has 1 amide bonds. The highest BCUT2D eigenvalue weighted by Gasteiger charge is 2.39. The Balaban J connectivity index is 2.32. The maximum Gasteiger partial charge on any atom is 0.436 e. The zero-order valence-electron chi connectivity index (χ0n) is 13.0. The molecule has 0 N–H and O–H groups in total. The van der Waals surface area contributed by atoms with E-state index in [1.807, 2.05) is 6.92 Å². The second-order valence-electron chi connectivity index (χ2n) is 5.05. The number of hydrogen-bond donors (Lipinski definition) is 0. The van der Waals surface area contributed by atoms with Gasteiger partial charge in [0.1, 0.15) is 5.69 Å². The summed E-state index contributed by atoms with van der Waals surface area (Å²) >= 11 is 8.88. The summed E-state index contributed by atoms with van der Waals surface area (Å²) in [6, 6.07) is 0. The average molecular weight is 429 g/mol. The topological polar surface area (TPSA) is 56.0 Å². The molecule has 2 heterocycles. The van der Waals surface area contributed by atoms with Crippen LogP contribution in [0.15, 0.2) is 10.7 Å². The van der Waals surface area contributed by atoms with E-state index in [9.17, 15) is 18.0 Å². The number of nitrogens with zero attached hydrogens (tertiary/aromatic N) is 5. The van der Waals surface area contributed by atoms with E-state index in [4.69, 9.17) is 11.6 Å². The van der Waals surface area contributed by atoms with Crippen LogP contribution >= 0.6 is 27.5 Å². The first-order valence-corrected chi connectivity index (χ1v) is 8.00. The van der Waals surface area contributed by atoms with Crippen molar-refractivity contribution >= 4 is 33.4 Å². The molecule has 24 heavy (non-hydrogen) atoms. The average Bonchev–Trinajstić information content (AvgIpc) is 2.98. The molecule has 0 aliphatic heterocycles. The largest absolute Gasteiger partial charge is 0.436 e. The first-order valence-electron chi connectivity index (χ1n) is 6.83. The summed E-state index contributed by atoms with van der Waals surface area (Å²) in [6.07, 6.45) is -3.20. The molecule has 0 aliphatic rings. The van der Waals surface area contributed by atoms with E-state index >= 15 is 0 Å². The monoisotopic (exact) mass is 427 g/mol. The Labute approximate surface area is 149 Å². The van der Waals surface area contributed by atoms with Crippen molar-refractivity contribution < 1.29 is 18.0 Å². The number of alkyl halides is 3. The van der Waals surface area contributed by atoms with Gasteiger partial charge in [-0.3, -0.25) is 14.2 Å². The molecule has 2 rings (SSSR count). The van der Waals surface area contributed by atoms with Crippen LogP contribution in [0.25, 0.3) is 0 Å². The Morgan fingerprint density at radius 3 is 2.58 bits per heavy atom. The van der Waals surface area contributed by atoms with E-state index in [0.717, 1.165) is 4.68 Å². The third kappa shape index (κ3) is 3.44. The zero-order chi connectivity index (χ0) is 18.2. The van der Waals surface area contributed by atoms with Crippen molar-refractivity contribution in [3.63, 3.8) is 0 Å². The van der Waals surface area contributed by atoms with Gasteiger partial charge < -0.3 is 4.90 Å². The van der Waals surface area contributed by atoms with Gasteiger partial charge in [-0.1, -0.05) is 11.6 Å². The number of hydrogen-bond acceptors (Lipinski definition) is 3. The van der Waals surface area contributed by atoms with E-state index in [1.165, 1.54) is 25.2 Å². The lowest BCUT2D eigenvalue weighted by Gasteiger charge is -2.18. The summed E-state index contributed by atoms with van der Waals surface area (Å²) in [5, 5.41) is 7.83. The number of aromatic nitrogens is 4. The van der Waals surface area contributed by atoms with Crippen LogP contribution in [0.3, 0.4) is 0 Å². The minimum absolute atomic E-state index is 0.102. The quantitative estimate of drug-likeness (QED) is 0.750. The molecule has 0 aromatic carbocycles. The fraction of sp³-hybridized carbons (Fsp3) is 0.462. The van der Waals surface area contributed by atoms with Gasteiger partial charge >= 0.3 is 6.18 Å². The number of halogens is 5. The molecule has 0 unspecified atom stereocenters. The van der Waals surface area contributed by atoms with Gasteiger partial charge in [-0.25, -0.2) is 0 Å². The van der Waals surface area contributed by atoms with Gasteiger partial charge in [0.15, 0.2) is 5.69 Å². The number of amides is 1. The molecule has 0 saturated heterocycles. The molecule has 0 atom stereocenters. The lowest BCUT2D eigenvalue weighted by atomic mass is 10.3. The van der Waals surface area contributed by atoms with Gasteiger partial charge in [0.2, 0.25) is 0 Å². The van der Waals surface area contributed by atoms with Crippen molar-refractivity contribution in [2.24, 2.45) is 7.05 Å². The van der Waals surface area contributed by atoms with Crippen molar-refractivity contribution in [3.05, 3.63) is 32.8 Å². The van der Waals surface area contributed by atoms with Gasteiger partial charge in [0, 0.05) is 20.6 Å². The summed E-state index contributed by atoms with van der Waals surface area (Å²) < 4.78 is 40.8. The fourth-order valence-electron chi connectivity index (χ4n) is 2.21. The summed E-state index contributed by atoms with van der Waals surface area (Å²) in [4.78, 5) is 13.8. The van der Waals surface area contributed by atoms with Crippen LogP contribution in [0.2, 0.25) is 5.02 Å². The van der Waals surface area contributed by atoms with E-state index in [1.54, 1.807) is 4.68 Å². The van der Waals surface area contributed by atoms with Crippen LogP contribution in [0.1, 0.15) is 28.8 Å². The molecule has 132 valence electrons. The molecule has 2 aromatic rings. The molecule has 0 saturated carbocycles. The van der Waals surface area contributed by atoms with Crippen molar-refractivity contribution in [1.82, 2.24) is 24.5 Å². The highest BCUT2D eigenvalue weighted by molar-refractivity contribution is 9.10. The van der Waals surface area contributed by atoms with Crippen LogP contribution in [-0.4, -0.2) is 37.4 Å². The van der Waals surface area contributed by atoms with E-state index in [0.29, 0.717) is 17.3 Å². The standard InChI is InChI=1S/C13H14BrClF3N5O/c1-4-23-8(7(15)5-19-23)6-21(2)12(24)10-9(14)11(13(16,17)18)20-22(10)3/h5H,4,6H2,1-3H3. The van der Waals surface area contributed by atoms with Crippen LogP contribution < -0.4 is 0 Å². The second kappa shape index (κ2) is 6.75. The molecule has 0 radical (unpaired) electrons. The van der Waals surface area contributed by atoms with Crippen molar-refractivity contribution in [2.75, 3.05) is 7.05 Å². The Morgan fingerprint density at radius 2 is 2.08 bits per heavy atom. The van der Waals surface area contributed by atoms with E-state index in [-0.39, 0.29) is 16.7 Å². The fourth-order valence-corrected chi connectivity index (χ4v) is 3.14. The first kappa shape index (κ1) is 18.8. The van der Waals surface area contributed by atoms with Crippen molar-refractivity contribution in [3.8, 4) is 0 Å². The normalized spacial score (nSPS) is 11.8. The zero-order valence-corrected chi connectivity index (χ0v) is 15.4. The highest BCUT2D eigenvalue weighted by atomic mass is 79.9. The smallest absolute Gasteiger partial charge is 0.334 e. The predicted octanol–water partition coefficient (Wildman–Crippen LogP) is 3.34. The lowest BCUT2D eigenvalue weighted by molar-refractivity contribution is -0.142. The van der Waals surface area contributed by atoms with Crippen LogP contribution in [0.5, 0.6) is 0 Å². The third-order valence-corrected chi connectivity index (χ3v) is 4.46. The van der Waals surface area contributed by atoms with E-state index < -0.39 is 17.8 Å². The SMILES string of the molecule is CCn1ncc(Cl)c1CN(C)C(=O)c1c(Br)c(C(F)(F)F)nn1C. The highest BCUT2D eigenvalue weighted by Crippen LogP contribution is 2.36. The van der Waals surface area contributed by atoms with Gasteiger partial charge in [0.05, 0.1) is 27.9 Å². The molecule has 0 bridgehead atoms. The molecule has 2 aromatic heterocycles. The Kier molecular flexibility index (Phi) is 5.28. The van der Waals surface area contributed by atoms with Crippen LogP contribution in [0, 0.1) is 0 Å². The number of carbonyl (C=O) groups is 1. The molecule has 0 spiro atoms. The summed E-state index contributed by atoms with van der Waals surface area (Å²) in [5.41, 5.74) is -0.730. The minimum atomic E-state index is -4.65. The molecular formula is C13H14BrClF3N5O. The predicted molar refractivity (Wildman–Crippen MR) is 84.6 cm³/mol. The van der Waals surface area contributed by atoms with Gasteiger partial charge in [-0.15, -0.1) is 0 Å². The first-order chi connectivity index (χ1) is 11.1. The van der Waals surface area contributed by atoms with Crippen LogP contribution in [0.4, 0.5) is 13.2 Å². The molecule has 6 nitrogen and oxygen atoms in total. The third-order valence-electron chi connectivity index (χ3n) is 3.39. The Hall–Kier alpha value is -1.55. The maximum absolute atomic E-state index is 12.9. The summed E-state index contributed by atoms with van der Waals surface area (Å²) in [5.74, 6) is -0.618. The number of rotatable bonds is 4.